The number of carboxylic acids is 1. The fraction of sp³-hybridized carbons (Fsp3) is 0.738. The van der Waals surface area contributed by atoms with Crippen LogP contribution in [0.15, 0.2) is 4.99 Å². The lowest BCUT2D eigenvalue weighted by molar-refractivity contribution is -0.141. The highest BCUT2D eigenvalue weighted by Gasteiger charge is 2.36. The number of amides is 14. The Labute approximate surface area is 572 Å². The van der Waals surface area contributed by atoms with Crippen LogP contribution in [0.3, 0.4) is 0 Å². The summed E-state index contributed by atoms with van der Waals surface area (Å²) in [5.41, 5.74) is 45.2. The molecule has 0 rings (SSSR count). The normalized spacial score (nSPS) is 14.8. The molecule has 14 amide bonds. The van der Waals surface area contributed by atoms with Gasteiger partial charge in [0.1, 0.15) is 66.5 Å². The van der Waals surface area contributed by atoms with E-state index in [9.17, 15) is 71.9 Å². The molecule has 0 saturated heterocycles. The third-order valence-electron chi connectivity index (χ3n) is 15.0. The Kier molecular flexibility index (Phi) is 43.6. The minimum atomic E-state index is -1.83. The van der Waals surface area contributed by atoms with E-state index in [1.54, 1.807) is 41.5 Å². The summed E-state index contributed by atoms with van der Waals surface area (Å²) < 4.78 is 0. The number of nitrogens with two attached hydrogens (primary N) is 8. The maximum Gasteiger partial charge on any atom is 0.325 e. The van der Waals surface area contributed by atoms with Crippen LogP contribution in [0.25, 0.3) is 0 Å². The number of guanidine groups is 1. The molecule has 0 aromatic carbocycles. The van der Waals surface area contributed by atoms with Gasteiger partial charge in [0, 0.05) is 13.0 Å². The van der Waals surface area contributed by atoms with Gasteiger partial charge in [0.2, 0.25) is 82.7 Å². The number of hydrogen-bond donors (Lipinski definition) is 21. The van der Waals surface area contributed by atoms with E-state index >= 15 is 0 Å². The monoisotopic (exact) mass is 1400 g/mol. The number of carbonyl (C=O) groups excluding carboxylic acids is 14. The molecule has 0 aliphatic rings. The number of rotatable bonds is 51. The molecule has 29 N–H and O–H groups in total. The fourth-order valence-corrected chi connectivity index (χ4v) is 9.44. The van der Waals surface area contributed by atoms with Gasteiger partial charge in [-0.15, -0.1) is 0 Å². The quantitative estimate of drug-likeness (QED) is 0.0153. The molecule has 98 heavy (non-hydrogen) atoms. The molecule has 0 fully saturated rings. The van der Waals surface area contributed by atoms with Crippen molar-refractivity contribution in [3.8, 4) is 0 Å². The van der Waals surface area contributed by atoms with Crippen molar-refractivity contribution in [2.24, 2.45) is 68.6 Å². The molecular formula is C61H113N21O16. The summed E-state index contributed by atoms with van der Waals surface area (Å²) in [4.78, 5) is 204. The van der Waals surface area contributed by atoms with Crippen LogP contribution in [0.5, 0.6) is 0 Å². The van der Waals surface area contributed by atoms with Crippen LogP contribution in [0, 0.1) is 17.8 Å². The van der Waals surface area contributed by atoms with Crippen LogP contribution in [0.1, 0.15) is 165 Å². The number of nitrogens with zero attached hydrogens (tertiary/aromatic N) is 1. The molecule has 0 unspecified atom stereocenters. The molecule has 0 bridgehead atoms. The molecule has 0 aromatic rings. The van der Waals surface area contributed by atoms with E-state index in [0.29, 0.717) is 58.0 Å². The molecule has 12 atom stereocenters. The van der Waals surface area contributed by atoms with E-state index in [1.807, 2.05) is 0 Å². The zero-order valence-corrected chi connectivity index (χ0v) is 58.1. The van der Waals surface area contributed by atoms with Crippen molar-refractivity contribution >= 4 is 94.6 Å². The second-order valence-corrected chi connectivity index (χ2v) is 25.3. The van der Waals surface area contributed by atoms with E-state index in [-0.39, 0.29) is 69.4 Å². The highest BCUT2D eigenvalue weighted by Crippen LogP contribution is 2.13. The summed E-state index contributed by atoms with van der Waals surface area (Å²) in [6, 6.07) is -16.3. The van der Waals surface area contributed by atoms with Gasteiger partial charge in [-0.2, -0.15) is 0 Å². The van der Waals surface area contributed by atoms with Crippen molar-refractivity contribution < 1.29 is 77.0 Å². The van der Waals surface area contributed by atoms with Crippen LogP contribution < -0.4 is 110 Å². The van der Waals surface area contributed by atoms with E-state index < -0.39 is 193 Å². The van der Waals surface area contributed by atoms with Crippen LogP contribution in [0.4, 0.5) is 0 Å². The van der Waals surface area contributed by atoms with Gasteiger partial charge in [-0.05, 0) is 142 Å². The average Bonchev–Trinajstić information content (AvgIpc) is 0.872. The lowest BCUT2D eigenvalue weighted by Gasteiger charge is -2.28. The molecule has 0 spiro atoms. The number of primary amides is 2. The van der Waals surface area contributed by atoms with Crippen LogP contribution in [-0.4, -0.2) is 205 Å². The number of aliphatic imine (C=N–C) groups is 1. The SMILES string of the molecule is CC(C)C[C@H](NC(=O)[C@H](C)NC(=O)[C@H](CCCCN)NC(=O)[C@H](CCCCN)NC(=O)[C@@H](N)CCCCN)C(=O)N[C@@H](CC(N)=O)C(=O)N[C@@H](CCCN=C(N)N)C(=O)N[C@@H](CCC(N)=O)C(=O)N[C@@H](CC(C)C)C(=O)NCC(=O)N[C@H](C(=O)N[C@@H](C)C(=O)N[C@@H](C)C(=O)O)C(C)C. The Bertz CT molecular complexity index is 2680. The van der Waals surface area contributed by atoms with Crippen molar-refractivity contribution in [2.45, 2.75) is 238 Å². The summed E-state index contributed by atoms with van der Waals surface area (Å²) >= 11 is 0. The number of nitrogens with one attached hydrogen (secondary N) is 12. The van der Waals surface area contributed by atoms with Crippen LogP contribution in [-0.2, 0) is 71.9 Å². The molecule has 0 saturated carbocycles. The van der Waals surface area contributed by atoms with E-state index in [0.717, 1.165) is 0 Å². The number of carbonyl (C=O) groups is 15. The third kappa shape index (κ3) is 37.6. The predicted molar refractivity (Wildman–Crippen MR) is 361 cm³/mol. The summed E-state index contributed by atoms with van der Waals surface area (Å²) in [6.45, 7) is 14.0. The third-order valence-corrected chi connectivity index (χ3v) is 15.0. The van der Waals surface area contributed by atoms with Gasteiger partial charge in [-0.1, -0.05) is 48.0 Å². The second-order valence-electron chi connectivity index (χ2n) is 25.3. The van der Waals surface area contributed by atoms with Crippen molar-refractivity contribution in [2.75, 3.05) is 32.7 Å². The first-order valence-electron chi connectivity index (χ1n) is 33.2. The minimum absolute atomic E-state index is 0.0181. The molecule has 0 heterocycles. The largest absolute Gasteiger partial charge is 0.480 e. The molecule has 0 aliphatic carbocycles. The van der Waals surface area contributed by atoms with E-state index in [4.69, 9.17) is 51.0 Å². The Morgan fingerprint density at radius 2 is 0.745 bits per heavy atom. The molecule has 0 aliphatic heterocycles. The Morgan fingerprint density at radius 1 is 0.378 bits per heavy atom. The predicted octanol–water partition coefficient (Wildman–Crippen LogP) is -6.76. The summed E-state index contributed by atoms with van der Waals surface area (Å²) in [6.07, 6.45) is 1.34. The maximum atomic E-state index is 14.4. The topological polar surface area (TPSA) is 641 Å². The first kappa shape index (κ1) is 89.2. The van der Waals surface area contributed by atoms with Crippen molar-refractivity contribution in [3.63, 3.8) is 0 Å². The van der Waals surface area contributed by atoms with Gasteiger partial charge < -0.3 is 115 Å². The van der Waals surface area contributed by atoms with Crippen molar-refractivity contribution in [1.29, 1.82) is 0 Å². The number of hydrogen-bond acceptors (Lipinski definition) is 20. The minimum Gasteiger partial charge on any atom is -0.480 e. The molecule has 37 nitrogen and oxygen atoms in total. The number of carboxylic acid groups (broad SMARTS) is 1. The second kappa shape index (κ2) is 48.0. The van der Waals surface area contributed by atoms with Gasteiger partial charge in [-0.3, -0.25) is 76.9 Å². The molecule has 558 valence electrons. The zero-order chi connectivity index (χ0) is 74.9. The van der Waals surface area contributed by atoms with E-state index in [2.05, 4.69) is 68.8 Å². The van der Waals surface area contributed by atoms with E-state index in [1.165, 1.54) is 20.8 Å². The Balaban J connectivity index is 6.81. The zero-order valence-electron chi connectivity index (χ0n) is 58.1. The van der Waals surface area contributed by atoms with Crippen molar-refractivity contribution in [1.82, 2.24) is 63.8 Å². The van der Waals surface area contributed by atoms with Crippen LogP contribution in [0.2, 0.25) is 0 Å². The first-order chi connectivity index (χ1) is 45.9. The first-order valence-corrected chi connectivity index (χ1v) is 33.2. The maximum absolute atomic E-state index is 14.4. The standard InChI is InChI=1S/C61H113N21O16/c1-31(2)27-42(52(89)71-30-47(85)82-48(33(5)6)59(96)73-34(7)49(86)74-36(9)60(97)98)80-56(93)41(21-22-45(66)83)78-55(92)40(20-16-26-70-61(68)69)77-58(95)44(29-46(67)84)81-57(94)43(28-32(3)4)79-50(87)35(8)72-53(90)38(18-11-14-24-63)76-54(91)39(19-12-15-25-64)75-51(88)37(65)17-10-13-23-62/h31-44,48H,10-30,62-65H2,1-9H3,(H2,66,83)(H2,67,84)(H,71,89)(H,72,90)(H,73,96)(H,74,86)(H,75,88)(H,76,91)(H,77,95)(H,78,92)(H,79,87)(H,80,93)(H,81,94)(H,82,85)(H,97,98)(H4,68,69,70)/t34-,35-,36-,37-,38-,39-,40-,41-,42-,43-,44-,48-/m0/s1. The van der Waals surface area contributed by atoms with Crippen LogP contribution >= 0.6 is 0 Å². The lowest BCUT2D eigenvalue weighted by Crippen LogP contribution is -2.60. The highest BCUT2D eigenvalue weighted by molar-refractivity contribution is 6.00. The van der Waals surface area contributed by atoms with Crippen molar-refractivity contribution in [3.05, 3.63) is 0 Å². The summed E-state index contributed by atoms with van der Waals surface area (Å²) in [7, 11) is 0. The van der Waals surface area contributed by atoms with Gasteiger partial charge in [-0.25, -0.2) is 0 Å². The summed E-state index contributed by atoms with van der Waals surface area (Å²) in [5, 5.41) is 39.0. The lowest BCUT2D eigenvalue weighted by atomic mass is 10.0. The van der Waals surface area contributed by atoms with Gasteiger partial charge >= 0.3 is 5.97 Å². The fourth-order valence-electron chi connectivity index (χ4n) is 9.44. The smallest absolute Gasteiger partial charge is 0.325 e. The molecule has 37 heteroatoms. The average molecular weight is 1400 g/mol. The number of unbranched alkanes of at least 4 members (excludes halogenated alkanes) is 3. The van der Waals surface area contributed by atoms with Gasteiger partial charge in [0.15, 0.2) is 5.96 Å². The Hall–Kier alpha value is -8.84. The molecular weight excluding hydrogens is 1280 g/mol. The molecule has 0 radical (unpaired) electrons. The molecule has 0 aromatic heterocycles. The van der Waals surface area contributed by atoms with Gasteiger partial charge in [0.25, 0.3) is 0 Å². The Morgan fingerprint density at radius 3 is 1.18 bits per heavy atom. The van der Waals surface area contributed by atoms with Gasteiger partial charge in [0.05, 0.1) is 19.0 Å². The highest BCUT2D eigenvalue weighted by atomic mass is 16.4. The number of aliphatic carboxylic acids is 1. The summed E-state index contributed by atoms with van der Waals surface area (Å²) in [5.74, 6) is -15.4.